The molecule has 0 aliphatic rings. The Morgan fingerprint density at radius 2 is 1.62 bits per heavy atom. The molecule has 8 nitrogen and oxygen atoms in total. The maximum absolute atomic E-state index is 12.4. The molecule has 5 N–H and O–H groups in total. The van der Waals surface area contributed by atoms with E-state index >= 15 is 0 Å². The highest BCUT2D eigenvalue weighted by Crippen LogP contribution is 2.16. The molecule has 3 amide bonds. The van der Waals surface area contributed by atoms with Crippen LogP contribution in [0.2, 0.25) is 0 Å². The minimum absolute atomic E-state index is 0.188. The lowest BCUT2D eigenvalue weighted by atomic mass is 10.1. The van der Waals surface area contributed by atoms with Crippen LogP contribution in [0.4, 0.5) is 16.2 Å². The lowest BCUT2D eigenvalue weighted by Gasteiger charge is -2.19. The maximum atomic E-state index is 12.4. The predicted molar refractivity (Wildman–Crippen MR) is 111 cm³/mol. The summed E-state index contributed by atoms with van der Waals surface area (Å²) in [7, 11) is 0. The van der Waals surface area contributed by atoms with E-state index in [1.54, 1.807) is 69.3 Å². The number of benzene rings is 2. The number of hydrogen-bond donors (Lipinski definition) is 4. The summed E-state index contributed by atoms with van der Waals surface area (Å²) in [6.45, 7) is 5.19. The quantitative estimate of drug-likeness (QED) is 0.557. The molecule has 29 heavy (non-hydrogen) atoms. The third-order valence-electron chi connectivity index (χ3n) is 3.71. The number of alkyl carbamates (subject to hydrolysis) is 1. The van der Waals surface area contributed by atoms with Gasteiger partial charge in [-0.15, -0.1) is 0 Å². The van der Waals surface area contributed by atoms with Crippen LogP contribution in [0.25, 0.3) is 0 Å². The Labute approximate surface area is 169 Å². The van der Waals surface area contributed by atoms with Crippen LogP contribution in [0.3, 0.4) is 0 Å². The van der Waals surface area contributed by atoms with E-state index in [2.05, 4.69) is 16.0 Å². The first-order chi connectivity index (χ1) is 13.6. The average Bonchev–Trinajstić information content (AvgIpc) is 2.65. The molecule has 0 aliphatic carbocycles. The van der Waals surface area contributed by atoms with E-state index in [0.29, 0.717) is 16.9 Å². The Bertz CT molecular complexity index is 873. The summed E-state index contributed by atoms with van der Waals surface area (Å²) in [5.74, 6) is -0.661. The highest BCUT2D eigenvalue weighted by molar-refractivity contribution is 6.04. The molecule has 2 aromatic rings. The molecule has 0 aliphatic heterocycles. The van der Waals surface area contributed by atoms with Gasteiger partial charge in [0.2, 0.25) is 5.91 Å². The largest absolute Gasteiger partial charge is 0.444 e. The summed E-state index contributed by atoms with van der Waals surface area (Å²) in [4.78, 5) is 36.0. The van der Waals surface area contributed by atoms with E-state index < -0.39 is 11.7 Å². The number of ether oxygens (including phenoxy) is 1. The molecule has 0 saturated carbocycles. The van der Waals surface area contributed by atoms with Gasteiger partial charge < -0.3 is 26.4 Å². The Kier molecular flexibility index (Phi) is 7.19. The van der Waals surface area contributed by atoms with Gasteiger partial charge in [-0.3, -0.25) is 9.59 Å². The van der Waals surface area contributed by atoms with Crippen molar-refractivity contribution in [2.24, 2.45) is 0 Å². The van der Waals surface area contributed by atoms with E-state index in [1.165, 1.54) is 0 Å². The molecule has 2 aromatic carbocycles. The molecule has 8 heteroatoms. The third kappa shape index (κ3) is 7.53. The van der Waals surface area contributed by atoms with Crippen LogP contribution in [0.5, 0.6) is 0 Å². The van der Waals surface area contributed by atoms with E-state index in [9.17, 15) is 14.4 Å². The number of carbonyl (C=O) groups excluding carboxylic acids is 3. The number of nitrogens with one attached hydrogen (secondary N) is 3. The van der Waals surface area contributed by atoms with Gasteiger partial charge in [0.25, 0.3) is 5.91 Å². The lowest BCUT2D eigenvalue weighted by Crippen LogP contribution is -2.39. The standard InChI is InChI=1S/C21H26N4O4/c1-21(2,3)29-20(28)24-13-18(26)23-12-15-6-4-5-7-17(15)25-19(27)14-8-10-16(22)11-9-14/h4-11H,12-13,22H2,1-3H3,(H,23,26)(H,24,28)(H,25,27). The van der Waals surface area contributed by atoms with Gasteiger partial charge in [-0.05, 0) is 56.7 Å². The third-order valence-corrected chi connectivity index (χ3v) is 3.71. The van der Waals surface area contributed by atoms with Gasteiger partial charge in [0, 0.05) is 23.5 Å². The Morgan fingerprint density at radius 1 is 0.966 bits per heavy atom. The van der Waals surface area contributed by atoms with Gasteiger partial charge in [-0.25, -0.2) is 4.79 Å². The fourth-order valence-electron chi connectivity index (χ4n) is 2.35. The fraction of sp³-hybridized carbons (Fsp3) is 0.286. The van der Waals surface area contributed by atoms with Crippen LogP contribution in [0.15, 0.2) is 48.5 Å². The number of para-hydroxylation sites is 1. The molecule has 0 heterocycles. The van der Waals surface area contributed by atoms with Crippen molar-refractivity contribution in [3.05, 3.63) is 59.7 Å². The van der Waals surface area contributed by atoms with Crippen molar-refractivity contribution < 1.29 is 19.1 Å². The Morgan fingerprint density at radius 3 is 2.28 bits per heavy atom. The van der Waals surface area contributed by atoms with Crippen LogP contribution >= 0.6 is 0 Å². The second-order valence-electron chi connectivity index (χ2n) is 7.37. The summed E-state index contributed by atoms with van der Waals surface area (Å²) in [5, 5.41) is 7.92. The van der Waals surface area contributed by atoms with Gasteiger partial charge in [-0.2, -0.15) is 0 Å². The second-order valence-corrected chi connectivity index (χ2v) is 7.37. The van der Waals surface area contributed by atoms with Crippen LogP contribution in [0, 0.1) is 0 Å². The number of carbonyl (C=O) groups is 3. The molecular weight excluding hydrogens is 372 g/mol. The summed E-state index contributed by atoms with van der Waals surface area (Å²) in [6, 6.07) is 13.7. The Balaban J connectivity index is 1.90. The molecule has 0 aromatic heterocycles. The van der Waals surface area contributed by atoms with Crippen molar-refractivity contribution >= 4 is 29.3 Å². The maximum Gasteiger partial charge on any atom is 0.408 e. The van der Waals surface area contributed by atoms with Gasteiger partial charge >= 0.3 is 6.09 Å². The van der Waals surface area contributed by atoms with E-state index in [1.807, 2.05) is 0 Å². The molecule has 0 unspecified atom stereocenters. The topological polar surface area (TPSA) is 123 Å². The highest BCUT2D eigenvalue weighted by atomic mass is 16.6. The summed E-state index contributed by atoms with van der Waals surface area (Å²) in [6.07, 6.45) is -0.663. The highest BCUT2D eigenvalue weighted by Gasteiger charge is 2.16. The van der Waals surface area contributed by atoms with E-state index in [0.717, 1.165) is 5.56 Å². The summed E-state index contributed by atoms with van der Waals surface area (Å²) >= 11 is 0. The van der Waals surface area contributed by atoms with Gasteiger partial charge in [0.05, 0.1) is 0 Å². The summed E-state index contributed by atoms with van der Waals surface area (Å²) in [5.41, 5.74) is 7.35. The van der Waals surface area contributed by atoms with Gasteiger partial charge in [0.1, 0.15) is 12.1 Å². The van der Waals surface area contributed by atoms with E-state index in [4.69, 9.17) is 10.5 Å². The zero-order chi connectivity index (χ0) is 21.4. The second kappa shape index (κ2) is 9.59. The first kappa shape index (κ1) is 21.7. The number of hydrogen-bond acceptors (Lipinski definition) is 5. The average molecular weight is 398 g/mol. The van der Waals surface area contributed by atoms with Crippen molar-refractivity contribution in [3.63, 3.8) is 0 Å². The smallest absolute Gasteiger partial charge is 0.408 e. The van der Waals surface area contributed by atoms with Crippen molar-refractivity contribution in [3.8, 4) is 0 Å². The van der Waals surface area contributed by atoms with Crippen molar-refractivity contribution in [2.75, 3.05) is 17.6 Å². The SMILES string of the molecule is CC(C)(C)OC(=O)NCC(=O)NCc1ccccc1NC(=O)c1ccc(N)cc1. The number of nitrogen functional groups attached to an aromatic ring is 1. The van der Waals surface area contributed by atoms with Crippen molar-refractivity contribution in [1.29, 1.82) is 0 Å². The molecule has 0 saturated heterocycles. The molecule has 0 fully saturated rings. The van der Waals surface area contributed by atoms with Crippen molar-refractivity contribution in [2.45, 2.75) is 32.9 Å². The fourth-order valence-corrected chi connectivity index (χ4v) is 2.35. The minimum atomic E-state index is -0.663. The zero-order valence-electron chi connectivity index (χ0n) is 16.7. The molecule has 2 rings (SSSR count). The zero-order valence-corrected chi connectivity index (χ0v) is 16.7. The predicted octanol–water partition coefficient (Wildman–Crippen LogP) is 2.66. The van der Waals surface area contributed by atoms with Crippen LogP contribution in [0.1, 0.15) is 36.7 Å². The van der Waals surface area contributed by atoms with Crippen LogP contribution < -0.4 is 21.7 Å². The van der Waals surface area contributed by atoms with Crippen LogP contribution in [-0.4, -0.2) is 30.1 Å². The molecular formula is C21H26N4O4. The molecule has 154 valence electrons. The lowest BCUT2D eigenvalue weighted by molar-refractivity contribution is -0.120. The monoisotopic (exact) mass is 398 g/mol. The van der Waals surface area contributed by atoms with Gasteiger partial charge in [0.15, 0.2) is 0 Å². The molecule has 0 bridgehead atoms. The van der Waals surface area contributed by atoms with Crippen molar-refractivity contribution in [1.82, 2.24) is 10.6 Å². The van der Waals surface area contributed by atoms with Gasteiger partial charge in [-0.1, -0.05) is 18.2 Å². The van der Waals surface area contributed by atoms with Crippen LogP contribution in [-0.2, 0) is 16.1 Å². The molecule has 0 atom stereocenters. The number of amides is 3. The Hall–Kier alpha value is -3.55. The number of nitrogens with two attached hydrogens (primary N) is 1. The normalized spacial score (nSPS) is 10.7. The number of anilines is 2. The minimum Gasteiger partial charge on any atom is -0.444 e. The molecule has 0 spiro atoms. The number of rotatable bonds is 6. The first-order valence-corrected chi connectivity index (χ1v) is 9.12. The first-order valence-electron chi connectivity index (χ1n) is 9.12. The summed E-state index contributed by atoms with van der Waals surface area (Å²) < 4.78 is 5.08. The molecule has 0 radical (unpaired) electrons. The van der Waals surface area contributed by atoms with E-state index in [-0.39, 0.29) is 24.9 Å².